The summed E-state index contributed by atoms with van der Waals surface area (Å²) in [5.41, 5.74) is 1.20. The van der Waals surface area contributed by atoms with Crippen molar-refractivity contribution in [3.8, 4) is 5.75 Å². The van der Waals surface area contributed by atoms with E-state index in [0.717, 1.165) is 5.75 Å². The van der Waals surface area contributed by atoms with Gasteiger partial charge in [0.15, 0.2) is 0 Å². The molecule has 0 aliphatic heterocycles. The molecule has 1 aliphatic carbocycles. The fourth-order valence-corrected chi connectivity index (χ4v) is 2.22. The third kappa shape index (κ3) is 2.63. The number of hydrogen-bond acceptors (Lipinski definition) is 2. The molecule has 0 spiro atoms. The van der Waals surface area contributed by atoms with Gasteiger partial charge in [0, 0.05) is 17.5 Å². The highest BCUT2D eigenvalue weighted by molar-refractivity contribution is 5.47. The number of methoxy groups -OCH3 is 1. The normalized spacial score (nSPS) is 18.6. The summed E-state index contributed by atoms with van der Waals surface area (Å²) in [5, 5.41) is 0. The van der Waals surface area contributed by atoms with Gasteiger partial charge in [-0.25, -0.2) is 0 Å². The highest BCUT2D eigenvalue weighted by atomic mass is 16.5. The van der Waals surface area contributed by atoms with Crippen molar-refractivity contribution in [1.82, 2.24) is 4.90 Å². The summed E-state index contributed by atoms with van der Waals surface area (Å²) < 4.78 is 5.45. The summed E-state index contributed by atoms with van der Waals surface area (Å²) >= 11 is 0. The largest absolute Gasteiger partial charge is 0.496 e. The monoisotopic (exact) mass is 228 g/mol. The number of para-hydroxylation sites is 1. The van der Waals surface area contributed by atoms with E-state index < -0.39 is 0 Å². The van der Waals surface area contributed by atoms with Gasteiger partial charge in [-0.2, -0.15) is 0 Å². The smallest absolute Gasteiger partial charge is 0.123 e. The average molecular weight is 228 g/mol. The summed E-state index contributed by atoms with van der Waals surface area (Å²) in [6, 6.07) is 8.42. The molecule has 2 heteroatoms. The molecular weight excluding hydrogens is 210 g/mol. The van der Waals surface area contributed by atoms with Crippen molar-refractivity contribution >= 4 is 0 Å². The van der Waals surface area contributed by atoms with Crippen LogP contribution in [-0.4, -0.2) is 26.1 Å². The second-order valence-electron chi connectivity index (χ2n) is 4.33. The number of ether oxygens (including phenoxy) is 1. The first-order chi connectivity index (χ1) is 8.24. The molecule has 1 aromatic carbocycles. The fourth-order valence-electron chi connectivity index (χ4n) is 2.22. The van der Waals surface area contributed by atoms with Crippen LogP contribution in [0.1, 0.15) is 11.6 Å². The SMILES string of the molecule is COc1ccccc1[C@H]([C]1[CH][CH][CH][CH]1)N(C)C. The number of hydrogen-bond donors (Lipinski definition) is 0. The molecule has 1 aromatic rings. The number of rotatable bonds is 4. The molecule has 89 valence electrons. The van der Waals surface area contributed by atoms with E-state index in [0.29, 0.717) is 0 Å². The molecule has 2 nitrogen and oxygen atoms in total. The molecule has 0 bridgehead atoms. The zero-order valence-electron chi connectivity index (χ0n) is 10.6. The van der Waals surface area contributed by atoms with E-state index in [1.165, 1.54) is 11.5 Å². The third-order valence-electron chi connectivity index (χ3n) is 2.95. The third-order valence-corrected chi connectivity index (χ3v) is 2.95. The van der Waals surface area contributed by atoms with E-state index >= 15 is 0 Å². The Morgan fingerprint density at radius 2 is 1.71 bits per heavy atom. The molecule has 1 atom stereocenters. The van der Waals surface area contributed by atoms with Crippen molar-refractivity contribution in [1.29, 1.82) is 0 Å². The van der Waals surface area contributed by atoms with E-state index in [2.05, 4.69) is 56.8 Å². The maximum absolute atomic E-state index is 5.45. The Balaban J connectivity index is 2.31. The van der Waals surface area contributed by atoms with Gasteiger partial charge in [-0.15, -0.1) is 0 Å². The van der Waals surface area contributed by atoms with Crippen LogP contribution in [0.5, 0.6) is 5.75 Å². The molecule has 0 aromatic heterocycles. The van der Waals surface area contributed by atoms with Gasteiger partial charge in [-0.3, -0.25) is 0 Å². The lowest BCUT2D eigenvalue weighted by Crippen LogP contribution is -2.25. The minimum absolute atomic E-state index is 0.237. The Labute approximate surface area is 105 Å². The predicted molar refractivity (Wildman–Crippen MR) is 69.9 cm³/mol. The molecule has 5 radical (unpaired) electrons. The van der Waals surface area contributed by atoms with E-state index in [1.54, 1.807) is 7.11 Å². The van der Waals surface area contributed by atoms with E-state index in [1.807, 2.05) is 12.1 Å². The maximum Gasteiger partial charge on any atom is 0.123 e. The van der Waals surface area contributed by atoms with Crippen molar-refractivity contribution in [2.45, 2.75) is 6.04 Å². The van der Waals surface area contributed by atoms with Crippen molar-refractivity contribution in [3.05, 3.63) is 61.4 Å². The van der Waals surface area contributed by atoms with Crippen LogP contribution in [-0.2, 0) is 0 Å². The molecule has 0 N–H and O–H groups in total. The molecule has 2 rings (SSSR count). The quantitative estimate of drug-likeness (QED) is 0.785. The van der Waals surface area contributed by atoms with Gasteiger partial charge in [0.25, 0.3) is 0 Å². The predicted octanol–water partition coefficient (Wildman–Crippen LogP) is 2.70. The summed E-state index contributed by atoms with van der Waals surface area (Å²) in [6.45, 7) is 0. The van der Waals surface area contributed by atoms with Crippen molar-refractivity contribution < 1.29 is 4.74 Å². The molecular formula is C15H18NO. The summed E-state index contributed by atoms with van der Waals surface area (Å²) in [4.78, 5) is 2.20. The first-order valence-electron chi connectivity index (χ1n) is 5.75. The van der Waals surface area contributed by atoms with Crippen LogP contribution in [0.3, 0.4) is 0 Å². The first kappa shape index (κ1) is 12.4. The van der Waals surface area contributed by atoms with E-state index in [-0.39, 0.29) is 6.04 Å². The van der Waals surface area contributed by atoms with Crippen LogP contribution in [0.15, 0.2) is 24.3 Å². The Bertz CT molecular complexity index is 356. The second kappa shape index (κ2) is 5.54. The zero-order valence-corrected chi connectivity index (χ0v) is 10.6. The maximum atomic E-state index is 5.45. The minimum atomic E-state index is 0.237. The summed E-state index contributed by atoms with van der Waals surface area (Å²) in [7, 11) is 5.89. The van der Waals surface area contributed by atoms with Gasteiger partial charge >= 0.3 is 0 Å². The van der Waals surface area contributed by atoms with Gasteiger partial charge in [0.2, 0.25) is 0 Å². The molecule has 1 aliphatic rings. The van der Waals surface area contributed by atoms with E-state index in [9.17, 15) is 0 Å². The summed E-state index contributed by atoms with van der Waals surface area (Å²) in [5.74, 6) is 2.23. The topological polar surface area (TPSA) is 12.5 Å². The number of nitrogens with zero attached hydrogens (tertiary/aromatic N) is 1. The molecule has 0 unspecified atom stereocenters. The molecule has 1 saturated carbocycles. The van der Waals surface area contributed by atoms with Gasteiger partial charge in [0.05, 0.1) is 7.11 Å². The Morgan fingerprint density at radius 1 is 1.06 bits per heavy atom. The molecule has 0 amide bonds. The molecule has 0 saturated heterocycles. The second-order valence-corrected chi connectivity index (χ2v) is 4.33. The van der Waals surface area contributed by atoms with Crippen LogP contribution in [0.2, 0.25) is 0 Å². The van der Waals surface area contributed by atoms with Gasteiger partial charge < -0.3 is 9.64 Å². The van der Waals surface area contributed by atoms with Crippen molar-refractivity contribution in [2.75, 3.05) is 21.2 Å². The molecule has 17 heavy (non-hydrogen) atoms. The van der Waals surface area contributed by atoms with Crippen molar-refractivity contribution in [2.24, 2.45) is 0 Å². The first-order valence-corrected chi connectivity index (χ1v) is 5.75. The lowest BCUT2D eigenvalue weighted by atomic mass is 9.90. The molecule has 0 heterocycles. The van der Waals surface area contributed by atoms with Crippen LogP contribution >= 0.6 is 0 Å². The molecule has 1 fully saturated rings. The highest BCUT2D eigenvalue weighted by Gasteiger charge is 2.30. The van der Waals surface area contributed by atoms with Gasteiger partial charge in [0.1, 0.15) is 5.75 Å². The minimum Gasteiger partial charge on any atom is -0.496 e. The number of benzene rings is 1. The average Bonchev–Trinajstić information content (AvgIpc) is 2.83. The Kier molecular flexibility index (Phi) is 4.06. The van der Waals surface area contributed by atoms with Gasteiger partial charge in [-0.1, -0.05) is 18.2 Å². The Morgan fingerprint density at radius 3 is 2.29 bits per heavy atom. The fraction of sp³-hybridized carbons (Fsp3) is 0.267. The zero-order chi connectivity index (χ0) is 12.3. The van der Waals surface area contributed by atoms with Crippen LogP contribution in [0, 0.1) is 31.6 Å². The lowest BCUT2D eigenvalue weighted by molar-refractivity contribution is 0.308. The standard InChI is InChI=1S/C15H18NO/c1-16(2)15(12-8-4-5-9-12)13-10-6-7-11-14(13)17-3/h4-11,15H,1-3H3/t15-/m0/s1. The van der Waals surface area contributed by atoms with Crippen LogP contribution in [0.25, 0.3) is 0 Å². The van der Waals surface area contributed by atoms with Crippen molar-refractivity contribution in [3.63, 3.8) is 0 Å². The Hall–Kier alpha value is -1.02. The van der Waals surface area contributed by atoms with E-state index in [4.69, 9.17) is 4.74 Å². The van der Waals surface area contributed by atoms with Gasteiger partial charge in [-0.05, 0) is 45.8 Å². The highest BCUT2D eigenvalue weighted by Crippen LogP contribution is 2.41. The van der Waals surface area contributed by atoms with Crippen LogP contribution in [0.4, 0.5) is 0 Å². The lowest BCUT2D eigenvalue weighted by Gasteiger charge is -2.30. The summed E-state index contributed by atoms with van der Waals surface area (Å²) in [6.07, 6.45) is 8.44. The van der Waals surface area contributed by atoms with Crippen LogP contribution < -0.4 is 4.74 Å².